The maximum Gasteiger partial charge on any atom is 0.335 e. The van der Waals surface area contributed by atoms with Gasteiger partial charge in [0.25, 0.3) is 0 Å². The molecule has 0 spiro atoms. The summed E-state index contributed by atoms with van der Waals surface area (Å²) in [7, 11) is 0. The molecule has 4 aliphatic rings. The topological polar surface area (TPSA) is 93.1 Å². The molecule has 0 unspecified atom stereocenters. The van der Waals surface area contributed by atoms with E-state index in [2.05, 4.69) is 47.8 Å². The number of carbonyl (C=O) groups is 2. The van der Waals surface area contributed by atoms with Gasteiger partial charge in [0, 0.05) is 5.92 Å². The second kappa shape index (κ2) is 16.2. The van der Waals surface area contributed by atoms with E-state index < -0.39 is 25.2 Å². The van der Waals surface area contributed by atoms with Crippen molar-refractivity contribution < 1.29 is 29.3 Å². The molecule has 0 saturated heterocycles. The molecule has 0 amide bonds. The summed E-state index contributed by atoms with van der Waals surface area (Å²) in [6.45, 7) is 19.0. The molecule has 6 heteroatoms. The van der Waals surface area contributed by atoms with Gasteiger partial charge in [-0.05, 0) is 129 Å². The lowest BCUT2D eigenvalue weighted by molar-refractivity contribution is -0.145. The lowest BCUT2D eigenvalue weighted by Gasteiger charge is -2.61. The van der Waals surface area contributed by atoms with Crippen LogP contribution in [-0.4, -0.2) is 48.6 Å². The zero-order valence-corrected chi connectivity index (χ0v) is 29.9. The number of fused-ring (bicyclic) bond motifs is 5. The van der Waals surface area contributed by atoms with E-state index >= 15 is 0 Å². The van der Waals surface area contributed by atoms with Gasteiger partial charge >= 0.3 is 11.9 Å². The average molecular weight is 643 g/mol. The molecule has 0 aromatic rings. The van der Waals surface area contributed by atoms with Crippen molar-refractivity contribution >= 4 is 11.9 Å². The van der Waals surface area contributed by atoms with E-state index in [1.54, 1.807) is 0 Å². The third-order valence-electron chi connectivity index (χ3n) is 13.8. The smallest absolute Gasteiger partial charge is 0.335 e. The number of ether oxygens (including phenoxy) is 2. The molecule has 4 fully saturated rings. The van der Waals surface area contributed by atoms with Crippen molar-refractivity contribution in [1.29, 1.82) is 0 Å². The van der Waals surface area contributed by atoms with Crippen molar-refractivity contribution in [2.24, 2.45) is 64.1 Å². The summed E-state index contributed by atoms with van der Waals surface area (Å²) in [6, 6.07) is 0. The fraction of sp³-hybridized carbons (Fsp3) is 0.850. The molecule has 4 saturated carbocycles. The van der Waals surface area contributed by atoms with E-state index in [0.29, 0.717) is 16.7 Å². The highest BCUT2D eigenvalue weighted by molar-refractivity contribution is 5.88. The van der Waals surface area contributed by atoms with E-state index in [9.17, 15) is 19.8 Å². The van der Waals surface area contributed by atoms with Crippen LogP contribution >= 0.6 is 0 Å². The Labute approximate surface area is 280 Å². The Bertz CT molecular complexity index is 1030. The highest BCUT2D eigenvalue weighted by atomic mass is 16.5. The number of aliphatic hydroxyl groups is 2. The van der Waals surface area contributed by atoms with Crippen molar-refractivity contribution in [3.63, 3.8) is 0 Å². The number of esters is 2. The van der Waals surface area contributed by atoms with Crippen LogP contribution in [0.1, 0.15) is 125 Å². The van der Waals surface area contributed by atoms with Gasteiger partial charge in [-0.15, -0.1) is 0 Å². The van der Waals surface area contributed by atoms with Crippen LogP contribution in [0.25, 0.3) is 0 Å². The van der Waals surface area contributed by atoms with Crippen LogP contribution < -0.4 is 0 Å². The second-order valence-electron chi connectivity index (χ2n) is 17.0. The van der Waals surface area contributed by atoms with Crippen LogP contribution in [0.15, 0.2) is 24.3 Å². The molecule has 0 radical (unpaired) electrons. The third-order valence-corrected chi connectivity index (χ3v) is 13.8. The van der Waals surface area contributed by atoms with Gasteiger partial charge in [-0.1, -0.05) is 67.0 Å². The van der Waals surface area contributed by atoms with Crippen molar-refractivity contribution in [2.75, 3.05) is 26.4 Å². The number of rotatable bonds is 16. The molecule has 262 valence electrons. The van der Waals surface area contributed by atoms with Crippen molar-refractivity contribution in [1.82, 2.24) is 0 Å². The molecule has 4 aliphatic carbocycles. The van der Waals surface area contributed by atoms with E-state index in [1.165, 1.54) is 77.0 Å². The van der Waals surface area contributed by atoms with Gasteiger partial charge in [-0.25, -0.2) is 9.59 Å². The number of aliphatic hydroxyl groups excluding tert-OH is 2. The first-order chi connectivity index (χ1) is 21.8. The van der Waals surface area contributed by atoms with E-state index in [-0.39, 0.29) is 30.3 Å². The Hall–Kier alpha value is -1.66. The zero-order chi connectivity index (χ0) is 33.6. The second-order valence-corrected chi connectivity index (χ2v) is 17.0. The molecular formula is C40H66O6. The van der Waals surface area contributed by atoms with Gasteiger partial charge in [0.05, 0.1) is 37.6 Å². The highest BCUT2D eigenvalue weighted by Gasteiger charge is 2.60. The normalized spacial score (nSPS) is 34.4. The predicted molar refractivity (Wildman–Crippen MR) is 184 cm³/mol. The van der Waals surface area contributed by atoms with Crippen LogP contribution in [0.3, 0.4) is 0 Å². The molecule has 0 aliphatic heterocycles. The largest absolute Gasteiger partial charge is 0.462 e. The van der Waals surface area contributed by atoms with Crippen LogP contribution in [-0.2, 0) is 19.1 Å². The fourth-order valence-corrected chi connectivity index (χ4v) is 11.0. The van der Waals surface area contributed by atoms with Gasteiger partial charge in [0.15, 0.2) is 0 Å². The zero-order valence-electron chi connectivity index (χ0n) is 29.9. The minimum atomic E-state index is -0.624. The first kappa shape index (κ1) is 37.2. The van der Waals surface area contributed by atoms with Crippen LogP contribution in [0.5, 0.6) is 0 Å². The monoisotopic (exact) mass is 642 g/mol. The van der Waals surface area contributed by atoms with Crippen LogP contribution in [0, 0.1) is 64.1 Å². The fourth-order valence-electron chi connectivity index (χ4n) is 11.0. The number of carbonyl (C=O) groups excluding carboxylic acids is 2. The van der Waals surface area contributed by atoms with Crippen LogP contribution in [0.4, 0.5) is 0 Å². The van der Waals surface area contributed by atoms with Crippen molar-refractivity contribution in [3.8, 4) is 0 Å². The molecule has 0 bridgehead atoms. The highest BCUT2D eigenvalue weighted by Crippen LogP contribution is 2.68. The Kier molecular flexibility index (Phi) is 13.1. The molecule has 0 heterocycles. The standard InChI is InChI=1S/C40H66O6/c1-26(2)9-8-10-27(3)34-15-16-35-33-14-13-32-21-30(17-19-39(32,6)36(33)18-20-40(34,35)7)11-12-31(24-45-37(43)28(4)22-41)25-46-38(44)29(5)23-42/h26-27,30-36,41-42H,4-5,8-25H2,1-3,6-7H3/t27-,30+,32+,33+,34-,35+,36+,39+,40-/m1/s1. The Morgan fingerprint density at radius 1 is 0.783 bits per heavy atom. The molecule has 2 N–H and O–H groups in total. The SMILES string of the molecule is C=C(CO)C(=O)OCC(CC[C@H]1CC[C@@]2(C)[C@@H](CC[C@@H]3[C@@H]2CC[C@]2(C)[C@@H]([C@H](C)CCCC(C)C)CC[C@@H]32)C1)COC(=O)C(=C)CO. The van der Waals surface area contributed by atoms with Gasteiger partial charge in [-0.2, -0.15) is 0 Å². The van der Waals surface area contributed by atoms with E-state index in [4.69, 9.17) is 9.47 Å². The Balaban J connectivity index is 1.33. The molecule has 4 rings (SSSR count). The Morgan fingerprint density at radius 3 is 2.00 bits per heavy atom. The predicted octanol–water partition coefficient (Wildman–Crippen LogP) is 8.30. The summed E-state index contributed by atoms with van der Waals surface area (Å²) in [6.07, 6.45) is 18.3. The first-order valence-electron chi connectivity index (χ1n) is 18.7. The summed E-state index contributed by atoms with van der Waals surface area (Å²) in [5.74, 6) is 5.25. The lowest BCUT2D eigenvalue weighted by atomic mass is 9.44. The third kappa shape index (κ3) is 8.31. The molecular weight excluding hydrogens is 576 g/mol. The summed E-state index contributed by atoms with van der Waals surface area (Å²) in [5.41, 5.74) is 1.01. The van der Waals surface area contributed by atoms with Gasteiger partial charge in [0.1, 0.15) is 0 Å². The molecule has 6 nitrogen and oxygen atoms in total. The Morgan fingerprint density at radius 2 is 1.39 bits per heavy atom. The number of hydrogen-bond donors (Lipinski definition) is 2. The van der Waals surface area contributed by atoms with Gasteiger partial charge in [-0.3, -0.25) is 0 Å². The van der Waals surface area contributed by atoms with Crippen molar-refractivity contribution in [3.05, 3.63) is 24.3 Å². The summed E-state index contributed by atoms with van der Waals surface area (Å²) in [4.78, 5) is 24.3. The lowest BCUT2D eigenvalue weighted by Crippen LogP contribution is -2.53. The first-order valence-corrected chi connectivity index (χ1v) is 18.7. The molecule has 0 aromatic heterocycles. The molecule has 46 heavy (non-hydrogen) atoms. The van der Waals surface area contributed by atoms with Gasteiger partial charge in [0.2, 0.25) is 0 Å². The maximum atomic E-state index is 12.2. The number of hydrogen-bond acceptors (Lipinski definition) is 6. The van der Waals surface area contributed by atoms with Crippen molar-refractivity contribution in [2.45, 2.75) is 125 Å². The van der Waals surface area contributed by atoms with E-state index in [0.717, 1.165) is 54.3 Å². The average Bonchev–Trinajstić information content (AvgIpc) is 3.40. The summed E-state index contributed by atoms with van der Waals surface area (Å²) < 4.78 is 10.8. The maximum absolute atomic E-state index is 12.2. The van der Waals surface area contributed by atoms with E-state index in [1.807, 2.05) is 0 Å². The minimum absolute atomic E-state index is 0.0128. The van der Waals surface area contributed by atoms with Gasteiger partial charge < -0.3 is 19.7 Å². The molecule has 9 atom stereocenters. The molecule has 0 aromatic carbocycles. The van der Waals surface area contributed by atoms with Crippen LogP contribution in [0.2, 0.25) is 0 Å². The quantitative estimate of drug-likeness (QED) is 0.130. The summed E-state index contributed by atoms with van der Waals surface area (Å²) >= 11 is 0. The minimum Gasteiger partial charge on any atom is -0.462 e. The summed E-state index contributed by atoms with van der Waals surface area (Å²) in [5, 5.41) is 18.5.